The first-order valence-corrected chi connectivity index (χ1v) is 9.28. The normalized spacial score (nSPS) is 11.5. The summed E-state index contributed by atoms with van der Waals surface area (Å²) in [5, 5.41) is 3.12. The fraction of sp³-hybridized carbons (Fsp3) is 0.227. The van der Waals surface area contributed by atoms with Gasteiger partial charge in [-0.1, -0.05) is 13.3 Å². The van der Waals surface area contributed by atoms with E-state index in [1.54, 1.807) is 43.3 Å². The lowest BCUT2D eigenvalue weighted by Gasteiger charge is -2.02. The molecule has 6 nitrogen and oxygen atoms in total. The highest BCUT2D eigenvalue weighted by Crippen LogP contribution is 2.17. The van der Waals surface area contributed by atoms with Crippen LogP contribution >= 0.6 is 0 Å². The predicted molar refractivity (Wildman–Crippen MR) is 110 cm³/mol. The zero-order valence-electron chi connectivity index (χ0n) is 16.5. The van der Waals surface area contributed by atoms with Crippen LogP contribution in [0, 0.1) is 5.82 Å². The number of benzene rings is 2. The molecule has 0 unspecified atom stereocenters. The van der Waals surface area contributed by atoms with E-state index in [-0.39, 0.29) is 11.4 Å². The van der Waals surface area contributed by atoms with E-state index >= 15 is 0 Å². The Labute approximate surface area is 167 Å². The maximum absolute atomic E-state index is 13.2. The second-order valence-corrected chi connectivity index (χ2v) is 6.57. The lowest BCUT2D eigenvalue weighted by Crippen LogP contribution is -2.19. The van der Waals surface area contributed by atoms with E-state index < -0.39 is 5.97 Å². The molecule has 0 spiro atoms. The van der Waals surface area contributed by atoms with Crippen molar-refractivity contribution >= 4 is 17.4 Å². The molecule has 0 saturated heterocycles. The lowest BCUT2D eigenvalue weighted by atomic mass is 10.1. The molecule has 3 aromatic rings. The molecule has 0 radical (unpaired) electrons. The molecule has 150 valence electrons. The van der Waals surface area contributed by atoms with E-state index in [4.69, 9.17) is 4.74 Å². The third kappa shape index (κ3) is 4.34. The molecule has 0 aliphatic carbocycles. The molecule has 3 rings (SSSR count). The number of methoxy groups -OCH3 is 1. The minimum Gasteiger partial charge on any atom is -0.465 e. The number of nitrogens with zero attached hydrogens (tertiary/aromatic N) is 2. The first kappa shape index (κ1) is 20.3. The number of aromatic amines is 1. The second-order valence-electron chi connectivity index (χ2n) is 6.57. The molecule has 29 heavy (non-hydrogen) atoms. The summed E-state index contributed by atoms with van der Waals surface area (Å²) in [6.45, 7) is 3.79. The standard InChI is InChI=1S/C22H22FN3O3/c1-4-5-19-20(21(27)26(25-19)18-12-8-16(23)9-13-18)14(2)24-17-10-6-15(7-11-17)22(28)29-3/h6-13,25H,4-5H2,1-3H3. The van der Waals surface area contributed by atoms with E-state index in [2.05, 4.69) is 10.1 Å². The van der Waals surface area contributed by atoms with Crippen molar-refractivity contribution in [1.82, 2.24) is 9.78 Å². The molecule has 0 atom stereocenters. The first-order valence-electron chi connectivity index (χ1n) is 9.28. The van der Waals surface area contributed by atoms with E-state index in [0.717, 1.165) is 12.1 Å². The highest BCUT2D eigenvalue weighted by molar-refractivity contribution is 6.01. The van der Waals surface area contributed by atoms with Crippen LogP contribution in [0.1, 0.15) is 41.9 Å². The van der Waals surface area contributed by atoms with Gasteiger partial charge in [0.1, 0.15) is 5.82 Å². The van der Waals surface area contributed by atoms with Crippen LogP contribution in [0.3, 0.4) is 0 Å². The van der Waals surface area contributed by atoms with Crippen molar-refractivity contribution in [2.45, 2.75) is 26.7 Å². The first-order chi connectivity index (χ1) is 13.9. The van der Waals surface area contributed by atoms with Crippen LogP contribution in [0.25, 0.3) is 5.69 Å². The number of hydrogen-bond donors (Lipinski definition) is 1. The molecule has 1 heterocycles. The van der Waals surface area contributed by atoms with Gasteiger partial charge in [0, 0.05) is 5.69 Å². The molecule has 1 N–H and O–H groups in total. The molecule has 0 aliphatic rings. The van der Waals surface area contributed by atoms with Crippen LogP contribution in [0.5, 0.6) is 0 Å². The summed E-state index contributed by atoms with van der Waals surface area (Å²) >= 11 is 0. The largest absolute Gasteiger partial charge is 0.465 e. The van der Waals surface area contributed by atoms with Crippen molar-refractivity contribution < 1.29 is 13.9 Å². The molecule has 7 heteroatoms. The van der Waals surface area contributed by atoms with Crippen LogP contribution in [0.2, 0.25) is 0 Å². The van der Waals surface area contributed by atoms with Gasteiger partial charge >= 0.3 is 5.97 Å². The van der Waals surface area contributed by atoms with Gasteiger partial charge in [0.05, 0.1) is 35.3 Å². The monoisotopic (exact) mass is 395 g/mol. The minimum absolute atomic E-state index is 0.243. The fourth-order valence-corrected chi connectivity index (χ4v) is 3.10. The second kappa shape index (κ2) is 8.68. The smallest absolute Gasteiger partial charge is 0.337 e. The van der Waals surface area contributed by atoms with Gasteiger partial charge in [-0.05, 0) is 61.9 Å². The Morgan fingerprint density at radius 3 is 2.38 bits per heavy atom. The van der Waals surface area contributed by atoms with E-state index in [1.807, 2.05) is 6.92 Å². The van der Waals surface area contributed by atoms with Gasteiger partial charge in [0.15, 0.2) is 0 Å². The van der Waals surface area contributed by atoms with Gasteiger partial charge in [-0.2, -0.15) is 0 Å². The predicted octanol–water partition coefficient (Wildman–Crippen LogP) is 4.18. The molecule has 2 aromatic carbocycles. The maximum Gasteiger partial charge on any atom is 0.337 e. The summed E-state index contributed by atoms with van der Waals surface area (Å²) in [6, 6.07) is 12.4. The van der Waals surface area contributed by atoms with E-state index in [0.29, 0.717) is 34.6 Å². The summed E-state index contributed by atoms with van der Waals surface area (Å²) in [7, 11) is 1.33. The zero-order chi connectivity index (χ0) is 21.0. The number of aryl methyl sites for hydroxylation is 1. The number of aromatic nitrogens is 2. The number of nitrogens with one attached hydrogen (secondary N) is 1. The Hall–Kier alpha value is -3.48. The third-order valence-corrected chi connectivity index (χ3v) is 4.50. The Morgan fingerprint density at radius 1 is 1.14 bits per heavy atom. The fourth-order valence-electron chi connectivity index (χ4n) is 3.10. The van der Waals surface area contributed by atoms with Gasteiger partial charge < -0.3 is 4.74 Å². The van der Waals surface area contributed by atoms with Crippen LogP contribution in [-0.4, -0.2) is 28.6 Å². The minimum atomic E-state index is -0.421. The van der Waals surface area contributed by atoms with Gasteiger partial charge in [-0.25, -0.2) is 13.9 Å². The Balaban J connectivity index is 2.02. The average molecular weight is 395 g/mol. The van der Waals surface area contributed by atoms with Crippen molar-refractivity contribution in [3.8, 4) is 5.69 Å². The molecular weight excluding hydrogens is 373 g/mol. The van der Waals surface area contributed by atoms with Gasteiger partial charge in [-0.15, -0.1) is 0 Å². The molecule has 1 aromatic heterocycles. The highest BCUT2D eigenvalue weighted by atomic mass is 19.1. The lowest BCUT2D eigenvalue weighted by molar-refractivity contribution is 0.0601. The van der Waals surface area contributed by atoms with Crippen LogP contribution in [-0.2, 0) is 11.2 Å². The Morgan fingerprint density at radius 2 is 1.79 bits per heavy atom. The Kier molecular flexibility index (Phi) is 6.07. The van der Waals surface area contributed by atoms with Crippen molar-refractivity contribution in [3.05, 3.63) is 81.5 Å². The number of aliphatic imine (C=N–C) groups is 1. The number of esters is 1. The number of carbonyl (C=O) groups is 1. The topological polar surface area (TPSA) is 76.5 Å². The average Bonchev–Trinajstić information content (AvgIpc) is 3.05. The van der Waals surface area contributed by atoms with E-state index in [9.17, 15) is 14.0 Å². The van der Waals surface area contributed by atoms with Crippen molar-refractivity contribution in [1.29, 1.82) is 0 Å². The summed E-state index contributed by atoms with van der Waals surface area (Å²) < 4.78 is 19.3. The van der Waals surface area contributed by atoms with Gasteiger partial charge in [0.2, 0.25) is 0 Å². The molecule has 0 aliphatic heterocycles. The number of ether oxygens (including phenoxy) is 1. The summed E-state index contributed by atoms with van der Waals surface area (Å²) in [4.78, 5) is 29.2. The van der Waals surface area contributed by atoms with Crippen molar-refractivity contribution in [2.75, 3.05) is 7.11 Å². The molecule has 0 amide bonds. The number of rotatable bonds is 6. The van der Waals surface area contributed by atoms with Crippen LogP contribution < -0.4 is 5.56 Å². The summed E-state index contributed by atoms with van der Waals surface area (Å²) in [6.07, 6.45) is 1.52. The molecule has 0 fully saturated rings. The molecule has 0 bridgehead atoms. The highest BCUT2D eigenvalue weighted by Gasteiger charge is 2.17. The molecule has 0 saturated carbocycles. The summed E-state index contributed by atoms with van der Waals surface area (Å²) in [5.41, 5.74) is 3.18. The summed E-state index contributed by atoms with van der Waals surface area (Å²) in [5.74, 6) is -0.786. The van der Waals surface area contributed by atoms with Gasteiger partial charge in [0.25, 0.3) is 5.56 Å². The van der Waals surface area contributed by atoms with Crippen molar-refractivity contribution in [3.63, 3.8) is 0 Å². The number of H-pyrrole nitrogens is 1. The number of hydrogen-bond acceptors (Lipinski definition) is 4. The number of halogens is 1. The van der Waals surface area contributed by atoms with Gasteiger partial charge in [-0.3, -0.25) is 14.9 Å². The van der Waals surface area contributed by atoms with Crippen LogP contribution in [0.15, 0.2) is 58.3 Å². The quantitative estimate of drug-likeness (QED) is 0.502. The molecular formula is C22H22FN3O3. The number of carbonyl (C=O) groups excluding carboxylic acids is 1. The third-order valence-electron chi connectivity index (χ3n) is 4.50. The SMILES string of the molecule is CCCc1[nH]n(-c2ccc(F)cc2)c(=O)c1C(C)=Nc1ccc(C(=O)OC)cc1. The van der Waals surface area contributed by atoms with Crippen LogP contribution in [0.4, 0.5) is 10.1 Å². The van der Waals surface area contributed by atoms with Crippen molar-refractivity contribution in [2.24, 2.45) is 4.99 Å². The van der Waals surface area contributed by atoms with E-state index in [1.165, 1.54) is 23.9 Å². The zero-order valence-corrected chi connectivity index (χ0v) is 16.5. The Bertz CT molecular complexity index is 1090. The maximum atomic E-state index is 13.2.